The van der Waals surface area contributed by atoms with Gasteiger partial charge >= 0.3 is 0 Å². The van der Waals surface area contributed by atoms with Crippen LogP contribution < -0.4 is 0 Å². The lowest BCUT2D eigenvalue weighted by molar-refractivity contribution is 0.0462. The Morgan fingerprint density at radius 2 is 2.13 bits per heavy atom. The molecule has 0 bridgehead atoms. The fraction of sp³-hybridized carbons (Fsp3) is 0.615. The first-order chi connectivity index (χ1) is 7.10. The molecule has 0 amide bonds. The van der Waals surface area contributed by atoms with Crippen LogP contribution in [0.15, 0.2) is 24.8 Å². The van der Waals surface area contributed by atoms with Crippen LogP contribution in [0.4, 0.5) is 0 Å². The van der Waals surface area contributed by atoms with E-state index in [1.165, 1.54) is 5.57 Å². The van der Waals surface area contributed by atoms with Crippen molar-refractivity contribution >= 4 is 14.5 Å². The smallest absolute Gasteiger partial charge is 0.0686 e. The van der Waals surface area contributed by atoms with Gasteiger partial charge in [0, 0.05) is 12.1 Å². The SMILES string of the molecule is C=CC1C(CC(=C)C)OC(CP=C)C1C. The summed E-state index contributed by atoms with van der Waals surface area (Å²) in [5.41, 5.74) is 1.19. The molecule has 84 valence electrons. The first kappa shape index (κ1) is 12.7. The Bertz CT molecular complexity index is 259. The van der Waals surface area contributed by atoms with Crippen molar-refractivity contribution in [2.45, 2.75) is 32.5 Å². The fourth-order valence-corrected chi connectivity index (χ4v) is 2.93. The van der Waals surface area contributed by atoms with Gasteiger partial charge < -0.3 is 4.74 Å². The molecule has 0 spiro atoms. The zero-order valence-electron chi connectivity index (χ0n) is 9.78. The highest BCUT2D eigenvalue weighted by atomic mass is 31.1. The summed E-state index contributed by atoms with van der Waals surface area (Å²) < 4.78 is 6.05. The second kappa shape index (κ2) is 5.63. The molecule has 1 nitrogen and oxygen atoms in total. The molecule has 1 aliphatic rings. The second-order valence-electron chi connectivity index (χ2n) is 4.45. The summed E-state index contributed by atoms with van der Waals surface area (Å²) in [5, 5.41) is 0. The maximum atomic E-state index is 6.05. The van der Waals surface area contributed by atoms with Crippen LogP contribution in [0.5, 0.6) is 0 Å². The van der Waals surface area contributed by atoms with Crippen LogP contribution in [0.25, 0.3) is 0 Å². The summed E-state index contributed by atoms with van der Waals surface area (Å²) >= 11 is 0. The largest absolute Gasteiger partial charge is 0.373 e. The minimum Gasteiger partial charge on any atom is -0.373 e. The third kappa shape index (κ3) is 3.03. The highest BCUT2D eigenvalue weighted by molar-refractivity contribution is 7.36. The molecule has 1 aliphatic heterocycles. The Labute approximate surface area is 95.0 Å². The van der Waals surface area contributed by atoms with Gasteiger partial charge in [0.25, 0.3) is 0 Å². The molecular formula is C13H21OP. The van der Waals surface area contributed by atoms with Crippen molar-refractivity contribution < 1.29 is 4.74 Å². The summed E-state index contributed by atoms with van der Waals surface area (Å²) in [6.45, 7) is 12.2. The van der Waals surface area contributed by atoms with Gasteiger partial charge in [-0.25, -0.2) is 0 Å². The number of ether oxygens (including phenoxy) is 1. The number of rotatable bonds is 5. The topological polar surface area (TPSA) is 9.23 Å². The molecule has 0 aromatic rings. The standard InChI is InChI=1S/C13H21OP/c1-6-11-10(4)13(8-15-5)14-12(11)7-9(2)3/h6,10-13H,1-2,5,7-8H2,3-4H3. The highest BCUT2D eigenvalue weighted by Crippen LogP contribution is 2.37. The van der Waals surface area contributed by atoms with E-state index in [2.05, 4.69) is 33.3 Å². The van der Waals surface area contributed by atoms with Crippen LogP contribution in [-0.2, 0) is 4.74 Å². The Morgan fingerprint density at radius 1 is 1.47 bits per heavy atom. The quantitative estimate of drug-likeness (QED) is 0.512. The molecule has 0 N–H and O–H groups in total. The molecule has 0 aromatic heterocycles. The average molecular weight is 224 g/mol. The number of hydrogen-bond acceptors (Lipinski definition) is 1. The highest BCUT2D eigenvalue weighted by Gasteiger charge is 2.38. The molecule has 0 aliphatic carbocycles. The Hall–Kier alpha value is -0.390. The van der Waals surface area contributed by atoms with Gasteiger partial charge in [0.05, 0.1) is 12.2 Å². The molecule has 1 rings (SSSR count). The van der Waals surface area contributed by atoms with E-state index >= 15 is 0 Å². The molecule has 4 atom stereocenters. The van der Waals surface area contributed by atoms with E-state index in [4.69, 9.17) is 4.74 Å². The van der Waals surface area contributed by atoms with Gasteiger partial charge in [-0.05, 0) is 19.3 Å². The van der Waals surface area contributed by atoms with E-state index in [0.717, 1.165) is 20.8 Å². The van der Waals surface area contributed by atoms with E-state index in [-0.39, 0.29) is 6.10 Å². The van der Waals surface area contributed by atoms with Crippen molar-refractivity contribution in [1.82, 2.24) is 0 Å². The molecule has 4 unspecified atom stereocenters. The summed E-state index contributed by atoms with van der Waals surface area (Å²) in [7, 11) is 1.16. The van der Waals surface area contributed by atoms with Gasteiger partial charge in [-0.15, -0.1) is 21.4 Å². The second-order valence-corrected chi connectivity index (χ2v) is 5.26. The minimum atomic E-state index is 0.279. The van der Waals surface area contributed by atoms with Crippen LogP contribution in [0.1, 0.15) is 20.3 Å². The fourth-order valence-electron chi connectivity index (χ4n) is 2.26. The van der Waals surface area contributed by atoms with Crippen LogP contribution in [0.2, 0.25) is 0 Å². The molecule has 15 heavy (non-hydrogen) atoms. The number of hydrogen-bond donors (Lipinski definition) is 0. The van der Waals surface area contributed by atoms with Gasteiger partial charge in [-0.3, -0.25) is 0 Å². The van der Waals surface area contributed by atoms with Crippen molar-refractivity contribution in [2.75, 3.05) is 6.16 Å². The Balaban J connectivity index is 2.68. The van der Waals surface area contributed by atoms with E-state index in [9.17, 15) is 0 Å². The van der Waals surface area contributed by atoms with Crippen LogP contribution in [-0.4, -0.2) is 24.7 Å². The summed E-state index contributed by atoms with van der Waals surface area (Å²) in [5.74, 6) is 1.02. The van der Waals surface area contributed by atoms with Crippen molar-refractivity contribution in [3.05, 3.63) is 24.8 Å². The van der Waals surface area contributed by atoms with Crippen molar-refractivity contribution in [1.29, 1.82) is 0 Å². The minimum absolute atomic E-state index is 0.279. The zero-order valence-corrected chi connectivity index (χ0v) is 10.7. The predicted octanol–water partition coefficient (Wildman–Crippen LogP) is 3.54. The molecule has 1 heterocycles. The molecule has 2 heteroatoms. The third-order valence-corrected chi connectivity index (χ3v) is 3.72. The summed E-state index contributed by atoms with van der Waals surface area (Å²) in [6.07, 6.45) is 8.51. The van der Waals surface area contributed by atoms with Crippen LogP contribution in [0, 0.1) is 11.8 Å². The van der Waals surface area contributed by atoms with Gasteiger partial charge in [0.15, 0.2) is 0 Å². The molecule has 0 saturated carbocycles. The van der Waals surface area contributed by atoms with E-state index in [1.54, 1.807) is 0 Å². The van der Waals surface area contributed by atoms with Crippen molar-refractivity contribution in [2.24, 2.45) is 11.8 Å². The van der Waals surface area contributed by atoms with E-state index in [0.29, 0.717) is 17.9 Å². The zero-order chi connectivity index (χ0) is 11.4. The predicted molar refractivity (Wildman–Crippen MR) is 69.9 cm³/mol. The molecule has 0 aromatic carbocycles. The van der Waals surface area contributed by atoms with Crippen molar-refractivity contribution in [3.63, 3.8) is 0 Å². The normalized spacial score (nSPS) is 35.6. The molecule has 1 saturated heterocycles. The lowest BCUT2D eigenvalue weighted by Gasteiger charge is -2.16. The Morgan fingerprint density at radius 3 is 2.60 bits per heavy atom. The van der Waals surface area contributed by atoms with E-state index in [1.807, 2.05) is 6.08 Å². The lowest BCUT2D eigenvalue weighted by Crippen LogP contribution is -2.18. The monoisotopic (exact) mass is 224 g/mol. The maximum Gasteiger partial charge on any atom is 0.0686 e. The van der Waals surface area contributed by atoms with Gasteiger partial charge in [-0.2, -0.15) is 0 Å². The Kier molecular flexibility index (Phi) is 4.76. The molecule has 1 fully saturated rings. The first-order valence-corrected chi connectivity index (χ1v) is 6.71. The lowest BCUT2D eigenvalue weighted by atomic mass is 9.87. The summed E-state index contributed by atoms with van der Waals surface area (Å²) in [4.78, 5) is 0. The molecular weight excluding hydrogens is 203 g/mol. The van der Waals surface area contributed by atoms with Gasteiger partial charge in [0.1, 0.15) is 0 Å². The summed E-state index contributed by atoms with van der Waals surface area (Å²) in [6, 6.07) is 0. The first-order valence-electron chi connectivity index (χ1n) is 5.45. The van der Waals surface area contributed by atoms with Gasteiger partial charge in [0.2, 0.25) is 0 Å². The van der Waals surface area contributed by atoms with Crippen molar-refractivity contribution in [3.8, 4) is 0 Å². The average Bonchev–Trinajstić information content (AvgIpc) is 2.43. The van der Waals surface area contributed by atoms with Crippen LogP contribution >= 0.6 is 8.20 Å². The van der Waals surface area contributed by atoms with Crippen LogP contribution in [0.3, 0.4) is 0 Å². The van der Waals surface area contributed by atoms with Gasteiger partial charge in [-0.1, -0.05) is 24.9 Å². The molecule has 0 radical (unpaired) electrons. The maximum absolute atomic E-state index is 6.05. The van der Waals surface area contributed by atoms with E-state index < -0.39 is 0 Å². The third-order valence-electron chi connectivity index (χ3n) is 3.10.